The first-order valence-electron chi connectivity index (χ1n) is 7.18. The summed E-state index contributed by atoms with van der Waals surface area (Å²) in [4.78, 5) is 29.6. The number of piperidine rings is 1. The fraction of sp³-hybridized carbons (Fsp3) is 0.235. The molecule has 0 spiro atoms. The minimum absolute atomic E-state index is 0.0214. The minimum atomic E-state index is -0.414. The maximum Gasteiger partial charge on any atom is 0.228 e. The fourth-order valence-corrected chi connectivity index (χ4v) is 3.97. The number of hydrogen-bond acceptors (Lipinski definition) is 3. The van der Waals surface area contributed by atoms with Crippen molar-refractivity contribution in [3.8, 4) is 0 Å². The Bertz CT molecular complexity index is 859. The van der Waals surface area contributed by atoms with Crippen molar-refractivity contribution in [2.24, 2.45) is 5.92 Å². The summed E-state index contributed by atoms with van der Waals surface area (Å²) in [6.07, 6.45) is 3.02. The lowest BCUT2D eigenvalue weighted by Gasteiger charge is -2.27. The normalized spacial score (nSPS) is 24.0. The van der Waals surface area contributed by atoms with E-state index in [1.165, 1.54) is 0 Å². The van der Waals surface area contributed by atoms with Gasteiger partial charge in [-0.2, -0.15) is 0 Å². The van der Waals surface area contributed by atoms with Crippen LogP contribution in [0, 0.1) is 5.92 Å². The van der Waals surface area contributed by atoms with Crippen molar-refractivity contribution in [3.63, 3.8) is 0 Å². The standard InChI is InChI=1S/C17H13BrN2O2/c1-8-2-3-11(17(22)20-8)14-9-4-5-12(18)15-13(9)10(16(14)21)6-7-19-15/h4-7,11,14H,1-3H2,(H,20,22). The third-order valence-corrected chi connectivity index (χ3v) is 5.19. The molecule has 2 atom stereocenters. The van der Waals surface area contributed by atoms with Crippen molar-refractivity contribution in [1.82, 2.24) is 10.3 Å². The molecule has 1 aromatic carbocycles. The van der Waals surface area contributed by atoms with Crippen molar-refractivity contribution in [2.75, 3.05) is 0 Å². The maximum absolute atomic E-state index is 12.9. The predicted molar refractivity (Wildman–Crippen MR) is 86.5 cm³/mol. The fourth-order valence-electron chi connectivity index (χ4n) is 3.54. The summed E-state index contributed by atoms with van der Waals surface area (Å²) in [5, 5.41) is 3.67. The largest absolute Gasteiger partial charge is 0.330 e. The van der Waals surface area contributed by atoms with Gasteiger partial charge in [-0.25, -0.2) is 0 Å². The zero-order chi connectivity index (χ0) is 15.4. The lowest BCUT2D eigenvalue weighted by atomic mass is 9.80. The van der Waals surface area contributed by atoms with E-state index in [-0.39, 0.29) is 17.6 Å². The highest BCUT2D eigenvalue weighted by molar-refractivity contribution is 9.10. The van der Waals surface area contributed by atoms with Crippen LogP contribution in [0.5, 0.6) is 0 Å². The van der Waals surface area contributed by atoms with Crippen LogP contribution in [-0.2, 0) is 4.79 Å². The van der Waals surface area contributed by atoms with Crippen molar-refractivity contribution in [2.45, 2.75) is 18.8 Å². The van der Waals surface area contributed by atoms with Gasteiger partial charge < -0.3 is 5.32 Å². The highest BCUT2D eigenvalue weighted by Crippen LogP contribution is 2.45. The number of benzene rings is 1. The SMILES string of the molecule is C=C1CCC(C2C(=O)c3ccnc4c(Br)ccc2c34)C(=O)N1. The zero-order valence-corrected chi connectivity index (χ0v) is 13.3. The number of ketones is 1. The molecular formula is C17H13BrN2O2. The van der Waals surface area contributed by atoms with Crippen molar-refractivity contribution >= 4 is 38.5 Å². The summed E-state index contributed by atoms with van der Waals surface area (Å²) < 4.78 is 0.864. The van der Waals surface area contributed by atoms with E-state index < -0.39 is 5.92 Å². The molecule has 2 heterocycles. The van der Waals surface area contributed by atoms with E-state index in [2.05, 4.69) is 32.8 Å². The topological polar surface area (TPSA) is 59.1 Å². The van der Waals surface area contributed by atoms with Gasteiger partial charge >= 0.3 is 0 Å². The number of pyridine rings is 1. The van der Waals surface area contributed by atoms with Gasteiger partial charge in [-0.3, -0.25) is 14.6 Å². The van der Waals surface area contributed by atoms with Crippen LogP contribution in [0.4, 0.5) is 0 Å². The number of rotatable bonds is 1. The van der Waals surface area contributed by atoms with E-state index in [4.69, 9.17) is 0 Å². The molecule has 0 radical (unpaired) electrons. The van der Waals surface area contributed by atoms with Crippen molar-refractivity contribution < 1.29 is 9.59 Å². The molecule has 1 aromatic heterocycles. The van der Waals surface area contributed by atoms with Crippen LogP contribution in [-0.4, -0.2) is 16.7 Å². The summed E-state index contributed by atoms with van der Waals surface area (Å²) in [5.41, 5.74) is 3.10. The first kappa shape index (κ1) is 13.6. The molecule has 4 rings (SSSR count). The number of Topliss-reactive ketones (excluding diaryl/α,β-unsaturated/α-hetero) is 1. The molecule has 1 N–H and O–H groups in total. The Balaban J connectivity index is 1.89. The van der Waals surface area contributed by atoms with Crippen molar-refractivity contribution in [1.29, 1.82) is 0 Å². The van der Waals surface area contributed by atoms with E-state index in [0.717, 1.165) is 26.6 Å². The molecule has 2 unspecified atom stereocenters. The van der Waals surface area contributed by atoms with Gasteiger partial charge in [0.15, 0.2) is 5.78 Å². The molecule has 2 aliphatic rings. The number of amides is 1. The van der Waals surface area contributed by atoms with E-state index in [1.54, 1.807) is 12.3 Å². The Kier molecular flexibility index (Phi) is 2.94. The molecule has 1 saturated heterocycles. The van der Waals surface area contributed by atoms with Gasteiger partial charge in [-0.05, 0) is 46.5 Å². The number of allylic oxidation sites excluding steroid dienone is 1. The number of hydrogen-bond donors (Lipinski definition) is 1. The summed E-state index contributed by atoms with van der Waals surface area (Å²) in [6, 6.07) is 5.59. The maximum atomic E-state index is 12.9. The average molecular weight is 357 g/mol. The molecule has 1 amide bonds. The molecule has 1 fully saturated rings. The van der Waals surface area contributed by atoms with E-state index in [1.807, 2.05) is 12.1 Å². The van der Waals surface area contributed by atoms with Gasteiger partial charge in [0, 0.05) is 27.3 Å². The third-order valence-electron chi connectivity index (χ3n) is 4.55. The summed E-state index contributed by atoms with van der Waals surface area (Å²) in [5.74, 6) is -0.836. The molecule has 22 heavy (non-hydrogen) atoms. The lowest BCUT2D eigenvalue weighted by molar-refractivity contribution is -0.125. The van der Waals surface area contributed by atoms with Crippen LogP contribution in [0.2, 0.25) is 0 Å². The van der Waals surface area contributed by atoms with Crippen LogP contribution in [0.25, 0.3) is 10.9 Å². The van der Waals surface area contributed by atoms with Crippen LogP contribution >= 0.6 is 15.9 Å². The highest BCUT2D eigenvalue weighted by Gasteiger charge is 2.42. The zero-order valence-electron chi connectivity index (χ0n) is 11.7. The monoisotopic (exact) mass is 356 g/mol. The summed E-state index contributed by atoms with van der Waals surface area (Å²) in [7, 11) is 0. The number of nitrogens with one attached hydrogen (secondary N) is 1. The first-order valence-corrected chi connectivity index (χ1v) is 7.97. The second-order valence-corrected chi connectivity index (χ2v) is 6.65. The van der Waals surface area contributed by atoms with Gasteiger partial charge in [0.2, 0.25) is 5.91 Å². The Morgan fingerprint density at radius 3 is 2.86 bits per heavy atom. The Hall–Kier alpha value is -2.01. The second kappa shape index (κ2) is 4.74. The van der Waals surface area contributed by atoms with Crippen LogP contribution in [0.1, 0.15) is 34.7 Å². The molecule has 2 aromatic rings. The van der Waals surface area contributed by atoms with Gasteiger partial charge in [-0.1, -0.05) is 12.6 Å². The van der Waals surface area contributed by atoms with E-state index in [0.29, 0.717) is 18.4 Å². The number of halogens is 1. The summed E-state index contributed by atoms with van der Waals surface area (Å²) >= 11 is 3.48. The van der Waals surface area contributed by atoms with Gasteiger partial charge in [-0.15, -0.1) is 0 Å². The van der Waals surface area contributed by atoms with E-state index >= 15 is 0 Å². The second-order valence-electron chi connectivity index (χ2n) is 5.80. The molecule has 0 saturated carbocycles. The molecule has 0 bridgehead atoms. The van der Waals surface area contributed by atoms with E-state index in [9.17, 15) is 9.59 Å². The molecular weight excluding hydrogens is 344 g/mol. The van der Waals surface area contributed by atoms with Crippen LogP contribution in [0.3, 0.4) is 0 Å². The highest BCUT2D eigenvalue weighted by atomic mass is 79.9. The minimum Gasteiger partial charge on any atom is -0.330 e. The van der Waals surface area contributed by atoms with Gasteiger partial charge in [0.1, 0.15) is 0 Å². The quantitative estimate of drug-likeness (QED) is 0.852. The number of carbonyl (C=O) groups is 2. The molecule has 1 aliphatic carbocycles. The Morgan fingerprint density at radius 2 is 2.09 bits per heavy atom. The van der Waals surface area contributed by atoms with Crippen LogP contribution < -0.4 is 5.32 Å². The first-order chi connectivity index (χ1) is 10.6. The van der Waals surface area contributed by atoms with Gasteiger partial charge in [0.25, 0.3) is 0 Å². The smallest absolute Gasteiger partial charge is 0.228 e. The Morgan fingerprint density at radius 1 is 1.27 bits per heavy atom. The number of nitrogens with zero attached hydrogens (tertiary/aromatic N) is 1. The van der Waals surface area contributed by atoms with Gasteiger partial charge in [0.05, 0.1) is 17.4 Å². The molecule has 110 valence electrons. The Labute approximate surface area is 135 Å². The summed E-state index contributed by atoms with van der Waals surface area (Å²) in [6.45, 7) is 3.80. The van der Waals surface area contributed by atoms with Crippen molar-refractivity contribution in [3.05, 3.63) is 52.3 Å². The number of carbonyl (C=O) groups excluding carboxylic acids is 2. The predicted octanol–water partition coefficient (Wildman–Crippen LogP) is 3.32. The van der Waals surface area contributed by atoms with Crippen LogP contribution in [0.15, 0.2) is 41.1 Å². The molecule has 5 heteroatoms. The average Bonchev–Trinajstić information content (AvgIpc) is 2.78. The molecule has 4 nitrogen and oxygen atoms in total. The lowest BCUT2D eigenvalue weighted by Crippen LogP contribution is -2.39. The number of aromatic nitrogens is 1. The molecule has 1 aliphatic heterocycles. The third kappa shape index (κ3) is 1.78.